The highest BCUT2D eigenvalue weighted by atomic mass is 16.2. The number of nitrogens with one attached hydrogen (secondary N) is 1. The molecule has 0 spiro atoms. The zero-order valence-corrected chi connectivity index (χ0v) is 13.6. The molecular formula is C17H25N3O2. The summed E-state index contributed by atoms with van der Waals surface area (Å²) < 4.78 is 0. The van der Waals surface area contributed by atoms with Crippen molar-refractivity contribution < 1.29 is 9.59 Å². The Morgan fingerprint density at radius 3 is 2.27 bits per heavy atom. The minimum Gasteiger partial charge on any atom is -0.369 e. The maximum atomic E-state index is 12.5. The van der Waals surface area contributed by atoms with Crippen LogP contribution in [0.4, 0.5) is 5.69 Å². The monoisotopic (exact) mass is 303 g/mol. The smallest absolute Gasteiger partial charge is 0.241 e. The first-order valence-electron chi connectivity index (χ1n) is 7.80. The first kappa shape index (κ1) is 16.5. The molecule has 1 atom stereocenters. The maximum Gasteiger partial charge on any atom is 0.241 e. The second-order valence-electron chi connectivity index (χ2n) is 6.14. The fourth-order valence-corrected chi connectivity index (χ4v) is 2.98. The van der Waals surface area contributed by atoms with E-state index in [9.17, 15) is 9.59 Å². The van der Waals surface area contributed by atoms with E-state index in [1.165, 1.54) is 0 Å². The van der Waals surface area contributed by atoms with Crippen molar-refractivity contribution in [3.63, 3.8) is 0 Å². The van der Waals surface area contributed by atoms with E-state index in [1.807, 2.05) is 39.0 Å². The summed E-state index contributed by atoms with van der Waals surface area (Å²) in [5.74, 6) is -0.285. The van der Waals surface area contributed by atoms with E-state index in [1.54, 1.807) is 0 Å². The Bertz CT molecular complexity index is 543. The van der Waals surface area contributed by atoms with E-state index < -0.39 is 0 Å². The molecule has 0 bridgehead atoms. The Balaban J connectivity index is 1.97. The molecule has 2 rings (SSSR count). The number of rotatable bonds is 4. The van der Waals surface area contributed by atoms with Gasteiger partial charge in [0.1, 0.15) is 0 Å². The molecule has 5 nitrogen and oxygen atoms in total. The molecule has 1 aliphatic heterocycles. The van der Waals surface area contributed by atoms with Gasteiger partial charge in [0.25, 0.3) is 0 Å². The number of aryl methyl sites for hydroxylation is 2. The number of hydrogen-bond donors (Lipinski definition) is 2. The Hall–Kier alpha value is -1.88. The average Bonchev–Trinajstić information content (AvgIpc) is 2.50. The molecule has 0 saturated carbocycles. The number of carbonyl (C=O) groups is 2. The fraction of sp³-hybridized carbons (Fsp3) is 0.529. The summed E-state index contributed by atoms with van der Waals surface area (Å²) in [5, 5.41) is 3.04. The normalized spacial score (nSPS) is 18.0. The van der Waals surface area contributed by atoms with Crippen LogP contribution in [0.2, 0.25) is 0 Å². The lowest BCUT2D eigenvalue weighted by molar-refractivity contribution is -0.124. The number of nitrogens with two attached hydrogens (primary N) is 1. The van der Waals surface area contributed by atoms with Crippen molar-refractivity contribution in [3.05, 3.63) is 29.3 Å². The molecule has 1 fully saturated rings. The van der Waals surface area contributed by atoms with Gasteiger partial charge in [-0.05, 0) is 57.8 Å². The van der Waals surface area contributed by atoms with Crippen molar-refractivity contribution in [1.82, 2.24) is 4.90 Å². The number of benzene rings is 1. The van der Waals surface area contributed by atoms with E-state index in [4.69, 9.17) is 5.73 Å². The van der Waals surface area contributed by atoms with E-state index in [0.717, 1.165) is 42.7 Å². The van der Waals surface area contributed by atoms with Gasteiger partial charge in [-0.2, -0.15) is 0 Å². The summed E-state index contributed by atoms with van der Waals surface area (Å²) >= 11 is 0. The molecule has 0 unspecified atom stereocenters. The number of para-hydroxylation sites is 1. The summed E-state index contributed by atoms with van der Waals surface area (Å²) in [6.07, 6.45) is 1.46. The van der Waals surface area contributed by atoms with Gasteiger partial charge in [-0.15, -0.1) is 0 Å². The Morgan fingerprint density at radius 1 is 1.23 bits per heavy atom. The number of anilines is 1. The highest BCUT2D eigenvalue weighted by Crippen LogP contribution is 2.22. The second kappa shape index (κ2) is 6.92. The molecule has 22 heavy (non-hydrogen) atoms. The first-order chi connectivity index (χ1) is 10.4. The minimum absolute atomic E-state index is 0.00470. The zero-order chi connectivity index (χ0) is 16.3. The van der Waals surface area contributed by atoms with Crippen LogP contribution in [0.1, 0.15) is 30.9 Å². The number of nitrogens with zero attached hydrogens (tertiary/aromatic N) is 1. The van der Waals surface area contributed by atoms with Crippen molar-refractivity contribution in [2.45, 2.75) is 39.7 Å². The molecule has 0 aliphatic carbocycles. The lowest BCUT2D eigenvalue weighted by Gasteiger charge is -2.34. The van der Waals surface area contributed by atoms with E-state index in [2.05, 4.69) is 10.2 Å². The number of amides is 2. The fourth-order valence-electron chi connectivity index (χ4n) is 2.98. The lowest BCUT2D eigenvalue weighted by Crippen LogP contribution is -2.47. The van der Waals surface area contributed by atoms with Crippen LogP contribution in [-0.4, -0.2) is 35.8 Å². The second-order valence-corrected chi connectivity index (χ2v) is 6.14. The van der Waals surface area contributed by atoms with Crippen molar-refractivity contribution in [3.8, 4) is 0 Å². The molecule has 3 N–H and O–H groups in total. The number of hydrogen-bond acceptors (Lipinski definition) is 3. The molecule has 0 aromatic heterocycles. The summed E-state index contributed by atoms with van der Waals surface area (Å²) in [6, 6.07) is 5.75. The summed E-state index contributed by atoms with van der Waals surface area (Å²) in [4.78, 5) is 25.8. The summed E-state index contributed by atoms with van der Waals surface area (Å²) in [7, 11) is 0. The van der Waals surface area contributed by atoms with Crippen molar-refractivity contribution >= 4 is 17.5 Å². The van der Waals surface area contributed by atoms with Gasteiger partial charge in [0.2, 0.25) is 11.8 Å². The standard InChI is InChI=1S/C17H25N3O2/c1-11-5-4-6-12(2)15(11)19-17(22)13(3)20-9-7-14(8-10-20)16(18)21/h4-6,13-14H,7-10H2,1-3H3,(H2,18,21)(H,19,22)/t13-/m1/s1. The predicted octanol–water partition coefficient (Wildman–Crippen LogP) is 1.83. The van der Waals surface area contributed by atoms with E-state index in [0.29, 0.717) is 0 Å². The maximum absolute atomic E-state index is 12.5. The molecule has 5 heteroatoms. The molecule has 0 radical (unpaired) electrons. The molecule has 1 saturated heterocycles. The molecule has 120 valence electrons. The van der Waals surface area contributed by atoms with Crippen LogP contribution in [0.3, 0.4) is 0 Å². The molecular weight excluding hydrogens is 278 g/mol. The number of carbonyl (C=O) groups excluding carboxylic acids is 2. The first-order valence-corrected chi connectivity index (χ1v) is 7.80. The predicted molar refractivity (Wildman–Crippen MR) is 87.5 cm³/mol. The van der Waals surface area contributed by atoms with Crippen LogP contribution >= 0.6 is 0 Å². The van der Waals surface area contributed by atoms with E-state index >= 15 is 0 Å². The third-order valence-corrected chi connectivity index (χ3v) is 4.59. The lowest BCUT2D eigenvalue weighted by atomic mass is 9.95. The highest BCUT2D eigenvalue weighted by Gasteiger charge is 2.28. The molecule has 1 heterocycles. The van der Waals surface area contributed by atoms with Crippen molar-refractivity contribution in [2.75, 3.05) is 18.4 Å². The Labute approximate surface area is 131 Å². The van der Waals surface area contributed by atoms with Gasteiger partial charge in [0.05, 0.1) is 6.04 Å². The third kappa shape index (κ3) is 3.65. The Kier molecular flexibility index (Phi) is 5.19. The molecule has 1 aliphatic rings. The molecule has 1 aromatic rings. The number of primary amides is 1. The van der Waals surface area contributed by atoms with Gasteiger partial charge >= 0.3 is 0 Å². The minimum atomic E-state index is -0.229. The van der Waals surface area contributed by atoms with Crippen LogP contribution in [0.25, 0.3) is 0 Å². The van der Waals surface area contributed by atoms with Gasteiger partial charge in [-0.3, -0.25) is 14.5 Å². The van der Waals surface area contributed by atoms with Gasteiger partial charge < -0.3 is 11.1 Å². The zero-order valence-electron chi connectivity index (χ0n) is 13.6. The van der Waals surface area contributed by atoms with Crippen LogP contribution in [0.5, 0.6) is 0 Å². The third-order valence-electron chi connectivity index (χ3n) is 4.59. The number of likely N-dealkylation sites (tertiary alicyclic amines) is 1. The summed E-state index contributed by atoms with van der Waals surface area (Å²) in [5.41, 5.74) is 8.37. The largest absolute Gasteiger partial charge is 0.369 e. The molecule has 1 aromatic carbocycles. The van der Waals surface area contributed by atoms with E-state index in [-0.39, 0.29) is 23.8 Å². The Morgan fingerprint density at radius 2 is 1.77 bits per heavy atom. The quantitative estimate of drug-likeness (QED) is 0.891. The van der Waals surface area contributed by atoms with Gasteiger partial charge in [0, 0.05) is 11.6 Å². The topological polar surface area (TPSA) is 75.4 Å². The molecule has 2 amide bonds. The van der Waals surface area contributed by atoms with Crippen LogP contribution in [0, 0.1) is 19.8 Å². The highest BCUT2D eigenvalue weighted by molar-refractivity contribution is 5.95. The van der Waals surface area contributed by atoms with Gasteiger partial charge in [0.15, 0.2) is 0 Å². The van der Waals surface area contributed by atoms with Gasteiger partial charge in [-0.25, -0.2) is 0 Å². The number of piperidine rings is 1. The SMILES string of the molecule is Cc1cccc(C)c1NC(=O)[C@@H](C)N1CCC(C(N)=O)CC1. The average molecular weight is 303 g/mol. The van der Waals surface area contributed by atoms with Crippen LogP contribution in [0.15, 0.2) is 18.2 Å². The van der Waals surface area contributed by atoms with Crippen LogP contribution in [-0.2, 0) is 9.59 Å². The van der Waals surface area contributed by atoms with Crippen molar-refractivity contribution in [1.29, 1.82) is 0 Å². The van der Waals surface area contributed by atoms with Crippen molar-refractivity contribution in [2.24, 2.45) is 11.7 Å². The summed E-state index contributed by atoms with van der Waals surface area (Å²) in [6.45, 7) is 7.36. The van der Waals surface area contributed by atoms with Crippen LogP contribution < -0.4 is 11.1 Å². The van der Waals surface area contributed by atoms with Gasteiger partial charge in [-0.1, -0.05) is 18.2 Å².